The Balaban J connectivity index is 1.95. The van der Waals surface area contributed by atoms with E-state index in [1.807, 2.05) is 24.3 Å². The minimum absolute atomic E-state index is 0.789. The van der Waals surface area contributed by atoms with E-state index >= 15 is 0 Å². The largest absolute Gasteiger partial charge is 0.494 e. The Morgan fingerprint density at radius 3 is 1.72 bits per heavy atom. The molecule has 0 aliphatic rings. The molecule has 0 heterocycles. The number of hydrogen-bond donors (Lipinski definition) is 0. The fraction of sp³-hybridized carbons (Fsp3) is 0.391. The lowest BCUT2D eigenvalue weighted by Gasteiger charge is -2.08. The Bertz CT molecular complexity index is 639. The molecule has 0 bridgehead atoms. The molecule has 25 heavy (non-hydrogen) atoms. The second-order valence-corrected chi connectivity index (χ2v) is 6.32. The third-order valence-electron chi connectivity index (χ3n) is 4.11. The van der Waals surface area contributed by atoms with Gasteiger partial charge in [-0.1, -0.05) is 57.0 Å². The first-order chi connectivity index (χ1) is 12.2. The van der Waals surface area contributed by atoms with Gasteiger partial charge in [-0.05, 0) is 60.7 Å². The molecule has 2 nitrogen and oxygen atoms in total. The molecular weight excluding hydrogens is 308 g/mol. The molecular formula is C23H30O2. The van der Waals surface area contributed by atoms with E-state index in [1.165, 1.54) is 16.7 Å². The van der Waals surface area contributed by atoms with Crippen molar-refractivity contribution in [1.29, 1.82) is 0 Å². The van der Waals surface area contributed by atoms with Gasteiger partial charge in [-0.2, -0.15) is 0 Å². The van der Waals surface area contributed by atoms with Crippen LogP contribution in [0.1, 0.15) is 57.6 Å². The lowest BCUT2D eigenvalue weighted by Crippen LogP contribution is -1.96. The van der Waals surface area contributed by atoms with E-state index in [-0.39, 0.29) is 0 Å². The highest BCUT2D eigenvalue weighted by atomic mass is 16.5. The van der Waals surface area contributed by atoms with Gasteiger partial charge in [0.2, 0.25) is 0 Å². The number of hydrogen-bond acceptors (Lipinski definition) is 2. The summed E-state index contributed by atoms with van der Waals surface area (Å²) in [6.45, 7) is 8.06. The van der Waals surface area contributed by atoms with E-state index in [2.05, 4.69) is 51.1 Å². The Morgan fingerprint density at radius 2 is 1.24 bits per heavy atom. The summed E-state index contributed by atoms with van der Waals surface area (Å²) in [6, 6.07) is 16.6. The third-order valence-corrected chi connectivity index (χ3v) is 4.11. The number of rotatable bonds is 10. The number of allylic oxidation sites excluding steroid dienone is 1. The molecule has 2 rings (SSSR count). The first-order valence-corrected chi connectivity index (χ1v) is 9.37. The summed E-state index contributed by atoms with van der Waals surface area (Å²) in [5.74, 6) is 1.88. The summed E-state index contributed by atoms with van der Waals surface area (Å²) in [5, 5.41) is 0. The number of unbranched alkanes of at least 4 members (excludes halogenated alkanes) is 2. The van der Waals surface area contributed by atoms with Gasteiger partial charge in [0.15, 0.2) is 0 Å². The van der Waals surface area contributed by atoms with E-state index < -0.39 is 0 Å². The predicted octanol–water partition coefficient (Wildman–Crippen LogP) is 6.60. The molecule has 0 fully saturated rings. The average Bonchev–Trinajstić information content (AvgIpc) is 2.64. The zero-order chi connectivity index (χ0) is 17.9. The van der Waals surface area contributed by atoms with Crippen LogP contribution in [0.15, 0.2) is 48.5 Å². The van der Waals surface area contributed by atoms with Crippen LogP contribution in [-0.4, -0.2) is 13.2 Å². The van der Waals surface area contributed by atoms with Crippen molar-refractivity contribution in [2.45, 2.75) is 46.5 Å². The zero-order valence-corrected chi connectivity index (χ0v) is 15.8. The van der Waals surface area contributed by atoms with Crippen LogP contribution in [0.3, 0.4) is 0 Å². The van der Waals surface area contributed by atoms with E-state index in [4.69, 9.17) is 9.47 Å². The van der Waals surface area contributed by atoms with Crippen molar-refractivity contribution in [2.75, 3.05) is 13.2 Å². The van der Waals surface area contributed by atoms with Gasteiger partial charge in [-0.3, -0.25) is 0 Å². The predicted molar refractivity (Wildman–Crippen MR) is 107 cm³/mol. The summed E-state index contributed by atoms with van der Waals surface area (Å²) in [4.78, 5) is 0. The normalized spacial score (nSPS) is 11.4. The second-order valence-electron chi connectivity index (χ2n) is 6.32. The van der Waals surface area contributed by atoms with Crippen molar-refractivity contribution in [3.63, 3.8) is 0 Å². The minimum Gasteiger partial charge on any atom is -0.494 e. The molecule has 0 aliphatic carbocycles. The van der Waals surface area contributed by atoms with E-state index in [1.54, 1.807) is 0 Å². The van der Waals surface area contributed by atoms with Crippen molar-refractivity contribution in [3.05, 3.63) is 59.7 Å². The molecule has 0 amide bonds. The maximum atomic E-state index is 5.72. The monoisotopic (exact) mass is 338 g/mol. The summed E-state index contributed by atoms with van der Waals surface area (Å²) in [7, 11) is 0. The molecule has 0 N–H and O–H groups in total. The highest BCUT2D eigenvalue weighted by Gasteiger charge is 1.99. The van der Waals surface area contributed by atoms with Crippen LogP contribution in [-0.2, 0) is 0 Å². The van der Waals surface area contributed by atoms with Gasteiger partial charge in [0, 0.05) is 0 Å². The number of ether oxygens (including phenoxy) is 2. The maximum Gasteiger partial charge on any atom is 0.119 e. The Kier molecular flexibility index (Phi) is 8.11. The van der Waals surface area contributed by atoms with Crippen molar-refractivity contribution in [1.82, 2.24) is 0 Å². The van der Waals surface area contributed by atoms with Gasteiger partial charge in [-0.25, -0.2) is 0 Å². The van der Waals surface area contributed by atoms with Gasteiger partial charge in [-0.15, -0.1) is 0 Å². The van der Waals surface area contributed by atoms with Crippen LogP contribution in [0.4, 0.5) is 0 Å². The van der Waals surface area contributed by atoms with E-state index in [0.717, 1.165) is 50.4 Å². The van der Waals surface area contributed by atoms with Gasteiger partial charge in [0.05, 0.1) is 13.2 Å². The first kappa shape index (κ1) is 19.1. The SMILES string of the molecule is CCCCOc1ccc(C=C(C)c2ccc(OCCCC)cc2)cc1. The lowest BCUT2D eigenvalue weighted by molar-refractivity contribution is 0.309. The zero-order valence-electron chi connectivity index (χ0n) is 15.8. The molecule has 0 aliphatic heterocycles. The molecule has 0 spiro atoms. The molecule has 2 aromatic rings. The standard InChI is InChI=1S/C23H30O2/c1-4-6-16-24-22-12-8-20(9-13-22)18-19(3)21-10-14-23(15-11-21)25-17-7-5-2/h8-15,18H,4-7,16-17H2,1-3H3. The van der Waals surface area contributed by atoms with Crippen molar-refractivity contribution >= 4 is 11.6 Å². The fourth-order valence-electron chi connectivity index (χ4n) is 2.48. The van der Waals surface area contributed by atoms with Crippen molar-refractivity contribution < 1.29 is 9.47 Å². The first-order valence-electron chi connectivity index (χ1n) is 9.37. The van der Waals surface area contributed by atoms with Crippen LogP contribution in [0.2, 0.25) is 0 Å². The van der Waals surface area contributed by atoms with Gasteiger partial charge in [0.25, 0.3) is 0 Å². The average molecular weight is 338 g/mol. The van der Waals surface area contributed by atoms with Crippen molar-refractivity contribution in [3.8, 4) is 11.5 Å². The topological polar surface area (TPSA) is 18.5 Å². The summed E-state index contributed by atoms with van der Waals surface area (Å²) >= 11 is 0. The summed E-state index contributed by atoms with van der Waals surface area (Å²) in [6.07, 6.45) is 6.70. The Labute approximate surface area is 152 Å². The van der Waals surface area contributed by atoms with E-state index in [9.17, 15) is 0 Å². The maximum absolute atomic E-state index is 5.72. The highest BCUT2D eigenvalue weighted by Crippen LogP contribution is 2.22. The van der Waals surface area contributed by atoms with Crippen LogP contribution in [0.25, 0.3) is 11.6 Å². The fourth-order valence-corrected chi connectivity index (χ4v) is 2.48. The number of benzene rings is 2. The second kappa shape index (κ2) is 10.6. The van der Waals surface area contributed by atoms with Crippen LogP contribution >= 0.6 is 0 Å². The van der Waals surface area contributed by atoms with Gasteiger partial charge >= 0.3 is 0 Å². The molecule has 134 valence electrons. The molecule has 0 saturated carbocycles. The molecule has 0 atom stereocenters. The Morgan fingerprint density at radius 1 is 0.760 bits per heavy atom. The molecule has 0 radical (unpaired) electrons. The molecule has 2 aromatic carbocycles. The lowest BCUT2D eigenvalue weighted by atomic mass is 10.0. The van der Waals surface area contributed by atoms with Gasteiger partial charge < -0.3 is 9.47 Å². The summed E-state index contributed by atoms with van der Waals surface area (Å²) < 4.78 is 11.4. The minimum atomic E-state index is 0.789. The molecule has 0 unspecified atom stereocenters. The Hall–Kier alpha value is -2.22. The summed E-state index contributed by atoms with van der Waals surface area (Å²) in [5.41, 5.74) is 3.63. The van der Waals surface area contributed by atoms with Crippen LogP contribution < -0.4 is 9.47 Å². The molecule has 0 aromatic heterocycles. The van der Waals surface area contributed by atoms with Crippen LogP contribution in [0.5, 0.6) is 11.5 Å². The van der Waals surface area contributed by atoms with Gasteiger partial charge in [0.1, 0.15) is 11.5 Å². The van der Waals surface area contributed by atoms with E-state index in [0.29, 0.717) is 0 Å². The third kappa shape index (κ3) is 6.66. The molecule has 2 heteroatoms. The highest BCUT2D eigenvalue weighted by molar-refractivity contribution is 5.80. The quantitative estimate of drug-likeness (QED) is 0.359. The molecule has 0 saturated heterocycles. The van der Waals surface area contributed by atoms with Crippen molar-refractivity contribution in [2.24, 2.45) is 0 Å². The van der Waals surface area contributed by atoms with Crippen LogP contribution in [0, 0.1) is 0 Å². The smallest absolute Gasteiger partial charge is 0.119 e.